The Bertz CT molecular complexity index is 1050. The van der Waals surface area contributed by atoms with Gasteiger partial charge in [-0.1, -0.05) is 18.2 Å². The SMILES string of the molecule is CCOC(=O)c1cc2cc3c(C)nn(-c4ccccc4)c3nc2s1. The quantitative estimate of drug-likeness (QED) is 0.528. The van der Waals surface area contributed by atoms with E-state index in [2.05, 4.69) is 5.10 Å². The van der Waals surface area contributed by atoms with Gasteiger partial charge in [-0.2, -0.15) is 5.10 Å². The molecule has 0 fully saturated rings. The second-order valence-corrected chi connectivity index (χ2v) is 6.45. The number of fused-ring (bicyclic) bond motifs is 2. The third kappa shape index (κ3) is 2.35. The minimum Gasteiger partial charge on any atom is -0.462 e. The lowest BCUT2D eigenvalue weighted by molar-refractivity contribution is 0.0532. The van der Waals surface area contributed by atoms with Crippen molar-refractivity contribution in [3.63, 3.8) is 0 Å². The molecule has 0 atom stereocenters. The molecule has 1 aromatic carbocycles. The molecule has 0 bridgehead atoms. The van der Waals surface area contributed by atoms with Crippen LogP contribution in [0.2, 0.25) is 0 Å². The largest absolute Gasteiger partial charge is 0.462 e. The van der Waals surface area contributed by atoms with Crippen molar-refractivity contribution < 1.29 is 9.53 Å². The van der Waals surface area contributed by atoms with Crippen molar-refractivity contribution in [2.75, 3.05) is 6.61 Å². The van der Waals surface area contributed by atoms with Crippen LogP contribution in [-0.4, -0.2) is 27.3 Å². The van der Waals surface area contributed by atoms with Crippen LogP contribution in [0.4, 0.5) is 0 Å². The third-order valence-corrected chi connectivity index (χ3v) is 4.83. The number of ether oxygens (including phenoxy) is 1. The summed E-state index contributed by atoms with van der Waals surface area (Å²) in [5, 5.41) is 6.54. The Labute approximate surface area is 142 Å². The van der Waals surface area contributed by atoms with Gasteiger partial charge in [0.15, 0.2) is 5.65 Å². The first-order valence-electron chi connectivity index (χ1n) is 7.70. The second kappa shape index (κ2) is 5.72. The van der Waals surface area contributed by atoms with Gasteiger partial charge in [0.05, 0.1) is 18.0 Å². The number of carbonyl (C=O) groups is 1. The van der Waals surface area contributed by atoms with Gasteiger partial charge in [-0.15, -0.1) is 11.3 Å². The van der Waals surface area contributed by atoms with E-state index in [1.165, 1.54) is 11.3 Å². The summed E-state index contributed by atoms with van der Waals surface area (Å²) in [6, 6.07) is 13.8. The van der Waals surface area contributed by atoms with Crippen LogP contribution < -0.4 is 0 Å². The van der Waals surface area contributed by atoms with E-state index in [0.29, 0.717) is 11.5 Å². The Morgan fingerprint density at radius 2 is 2.04 bits per heavy atom. The number of nitrogens with zero attached hydrogens (tertiary/aromatic N) is 3. The summed E-state index contributed by atoms with van der Waals surface area (Å²) in [7, 11) is 0. The van der Waals surface area contributed by atoms with E-state index >= 15 is 0 Å². The van der Waals surface area contributed by atoms with Gasteiger partial charge >= 0.3 is 5.97 Å². The van der Waals surface area contributed by atoms with Crippen molar-refractivity contribution in [1.29, 1.82) is 0 Å². The van der Waals surface area contributed by atoms with Crippen molar-refractivity contribution in [2.24, 2.45) is 0 Å². The van der Waals surface area contributed by atoms with E-state index in [1.807, 2.05) is 54.1 Å². The summed E-state index contributed by atoms with van der Waals surface area (Å²) < 4.78 is 6.92. The molecule has 0 amide bonds. The average molecular weight is 337 g/mol. The molecule has 0 radical (unpaired) electrons. The van der Waals surface area contributed by atoms with Crippen molar-refractivity contribution >= 4 is 38.6 Å². The molecule has 0 aliphatic rings. The maximum Gasteiger partial charge on any atom is 0.348 e. The van der Waals surface area contributed by atoms with Crippen LogP contribution in [-0.2, 0) is 4.74 Å². The first kappa shape index (κ1) is 14.8. The Balaban J connectivity index is 1.92. The molecule has 0 spiro atoms. The third-order valence-electron chi connectivity index (χ3n) is 3.81. The van der Waals surface area contributed by atoms with Crippen molar-refractivity contribution in [2.45, 2.75) is 13.8 Å². The van der Waals surface area contributed by atoms with Gasteiger partial charge in [0, 0.05) is 10.8 Å². The molecule has 4 aromatic rings. The molecular weight excluding hydrogens is 322 g/mol. The first-order chi connectivity index (χ1) is 11.7. The molecule has 4 rings (SSSR count). The maximum absolute atomic E-state index is 11.9. The summed E-state index contributed by atoms with van der Waals surface area (Å²) in [5.41, 5.74) is 2.67. The van der Waals surface area contributed by atoms with Crippen LogP contribution in [0, 0.1) is 6.92 Å². The van der Waals surface area contributed by atoms with Gasteiger partial charge in [0.2, 0.25) is 0 Å². The van der Waals surface area contributed by atoms with E-state index in [9.17, 15) is 4.79 Å². The second-order valence-electron chi connectivity index (χ2n) is 5.42. The highest BCUT2D eigenvalue weighted by Gasteiger charge is 2.16. The molecule has 6 heteroatoms. The van der Waals surface area contributed by atoms with E-state index in [0.717, 1.165) is 32.6 Å². The standard InChI is InChI=1S/C18H15N3O2S/c1-3-23-18(22)15-10-12-9-14-11(2)20-21(13-7-5-4-6-8-13)16(14)19-17(12)24-15/h4-10H,3H2,1-2H3. The number of rotatable bonds is 3. The summed E-state index contributed by atoms with van der Waals surface area (Å²) in [6.45, 7) is 4.13. The molecule has 3 aromatic heterocycles. The molecule has 0 unspecified atom stereocenters. The van der Waals surface area contributed by atoms with Crippen LogP contribution in [0.25, 0.3) is 26.9 Å². The smallest absolute Gasteiger partial charge is 0.348 e. The highest BCUT2D eigenvalue weighted by atomic mass is 32.1. The van der Waals surface area contributed by atoms with E-state index in [-0.39, 0.29) is 5.97 Å². The van der Waals surface area contributed by atoms with Gasteiger partial charge in [-0.3, -0.25) is 0 Å². The molecule has 0 saturated heterocycles. The van der Waals surface area contributed by atoms with E-state index in [4.69, 9.17) is 9.72 Å². The Kier molecular flexibility index (Phi) is 3.54. The minimum absolute atomic E-state index is 0.300. The van der Waals surface area contributed by atoms with Crippen LogP contribution in [0.1, 0.15) is 22.3 Å². The number of thiophene rings is 1. The number of para-hydroxylation sites is 1. The highest BCUT2D eigenvalue weighted by molar-refractivity contribution is 7.20. The number of aromatic nitrogens is 3. The fourth-order valence-corrected chi connectivity index (χ4v) is 3.60. The minimum atomic E-state index is -0.300. The van der Waals surface area contributed by atoms with E-state index in [1.54, 1.807) is 6.92 Å². The van der Waals surface area contributed by atoms with Crippen LogP contribution in [0.3, 0.4) is 0 Å². The highest BCUT2D eigenvalue weighted by Crippen LogP contribution is 2.30. The number of aryl methyl sites for hydroxylation is 1. The lowest BCUT2D eigenvalue weighted by Gasteiger charge is -2.01. The molecule has 5 nitrogen and oxygen atoms in total. The van der Waals surface area contributed by atoms with Gasteiger partial charge in [-0.05, 0) is 38.1 Å². The topological polar surface area (TPSA) is 57.0 Å². The lowest BCUT2D eigenvalue weighted by atomic mass is 10.2. The van der Waals surface area contributed by atoms with Gasteiger partial charge in [0.1, 0.15) is 9.71 Å². The number of hydrogen-bond donors (Lipinski definition) is 0. The zero-order valence-corrected chi connectivity index (χ0v) is 14.1. The first-order valence-corrected chi connectivity index (χ1v) is 8.51. The predicted octanol–water partition coefficient (Wildman–Crippen LogP) is 4.12. The Morgan fingerprint density at radius 3 is 2.79 bits per heavy atom. The molecular formula is C18H15N3O2S. The molecule has 120 valence electrons. The number of hydrogen-bond acceptors (Lipinski definition) is 5. The number of benzene rings is 1. The Morgan fingerprint density at radius 1 is 1.25 bits per heavy atom. The summed E-state index contributed by atoms with van der Waals surface area (Å²) in [6.07, 6.45) is 0. The van der Waals surface area contributed by atoms with Crippen LogP contribution >= 0.6 is 11.3 Å². The molecule has 0 saturated carbocycles. The number of esters is 1. The van der Waals surface area contributed by atoms with Crippen LogP contribution in [0.15, 0.2) is 42.5 Å². The van der Waals surface area contributed by atoms with Gasteiger partial charge in [0.25, 0.3) is 0 Å². The molecule has 24 heavy (non-hydrogen) atoms. The summed E-state index contributed by atoms with van der Waals surface area (Å²) >= 11 is 1.35. The van der Waals surface area contributed by atoms with Crippen molar-refractivity contribution in [1.82, 2.24) is 14.8 Å². The Hall–Kier alpha value is -2.73. The zero-order chi connectivity index (χ0) is 16.7. The fraction of sp³-hybridized carbons (Fsp3) is 0.167. The van der Waals surface area contributed by atoms with Gasteiger partial charge in [-0.25, -0.2) is 14.5 Å². The molecule has 3 heterocycles. The van der Waals surface area contributed by atoms with Crippen LogP contribution in [0.5, 0.6) is 0 Å². The fourth-order valence-electron chi connectivity index (χ4n) is 2.69. The molecule has 0 aliphatic heterocycles. The zero-order valence-electron chi connectivity index (χ0n) is 13.3. The lowest BCUT2D eigenvalue weighted by Crippen LogP contribution is -2.01. The average Bonchev–Trinajstić information content (AvgIpc) is 3.15. The number of carbonyl (C=O) groups excluding carboxylic acids is 1. The maximum atomic E-state index is 11.9. The predicted molar refractivity (Wildman–Crippen MR) is 94.9 cm³/mol. The van der Waals surface area contributed by atoms with Crippen molar-refractivity contribution in [3.8, 4) is 5.69 Å². The van der Waals surface area contributed by atoms with Crippen molar-refractivity contribution in [3.05, 3.63) is 53.0 Å². The summed E-state index contributed by atoms with van der Waals surface area (Å²) in [4.78, 5) is 18.1. The summed E-state index contributed by atoms with van der Waals surface area (Å²) in [5.74, 6) is -0.300. The number of pyridine rings is 1. The molecule has 0 N–H and O–H groups in total. The molecule has 0 aliphatic carbocycles. The monoisotopic (exact) mass is 337 g/mol. The van der Waals surface area contributed by atoms with Gasteiger partial charge < -0.3 is 4.74 Å². The normalized spacial score (nSPS) is 11.2. The van der Waals surface area contributed by atoms with E-state index < -0.39 is 0 Å².